The van der Waals surface area contributed by atoms with Gasteiger partial charge >= 0.3 is 0 Å². The van der Waals surface area contributed by atoms with Crippen LogP contribution in [0.3, 0.4) is 0 Å². The van der Waals surface area contributed by atoms with Crippen LogP contribution in [0.15, 0.2) is 12.2 Å². The predicted octanol–water partition coefficient (Wildman–Crippen LogP) is 5.39. The van der Waals surface area contributed by atoms with Crippen LogP contribution in [0.1, 0.15) is 90.4 Å². The highest BCUT2D eigenvalue weighted by Crippen LogP contribution is 2.25. The van der Waals surface area contributed by atoms with Gasteiger partial charge < -0.3 is 9.84 Å². The van der Waals surface area contributed by atoms with Crippen LogP contribution in [0.2, 0.25) is 0 Å². The molecule has 0 bridgehead atoms. The molecule has 0 radical (unpaired) electrons. The number of unbranched alkanes of at least 4 members (excludes halogenated alkanes) is 10. The first-order chi connectivity index (χ1) is 10.4. The molecular formula is C19H36O2. The van der Waals surface area contributed by atoms with Crippen molar-refractivity contribution in [1.82, 2.24) is 0 Å². The first kappa shape index (κ1) is 18.7. The molecular weight excluding hydrogens is 260 g/mol. The number of allylic oxidation sites excluding steroid dienone is 2. The predicted molar refractivity (Wildman–Crippen MR) is 90.6 cm³/mol. The van der Waals surface area contributed by atoms with Crippen molar-refractivity contribution < 1.29 is 9.84 Å². The fraction of sp³-hybridized carbons (Fsp3) is 0.895. The van der Waals surface area contributed by atoms with Gasteiger partial charge in [0.25, 0.3) is 0 Å². The van der Waals surface area contributed by atoms with Gasteiger partial charge in [-0.1, -0.05) is 76.9 Å². The van der Waals surface area contributed by atoms with Crippen LogP contribution >= 0.6 is 0 Å². The highest BCUT2D eigenvalue weighted by molar-refractivity contribution is 4.89. The number of hydrogen-bond donors (Lipinski definition) is 1. The van der Waals surface area contributed by atoms with Crippen LogP contribution in [-0.2, 0) is 4.74 Å². The van der Waals surface area contributed by atoms with Crippen molar-refractivity contribution in [2.45, 2.75) is 103 Å². The topological polar surface area (TPSA) is 32.8 Å². The fourth-order valence-corrected chi connectivity index (χ4v) is 2.84. The zero-order valence-corrected chi connectivity index (χ0v) is 14.1. The summed E-state index contributed by atoms with van der Waals surface area (Å²) in [6.07, 6.45) is 22.6. The van der Waals surface area contributed by atoms with Crippen molar-refractivity contribution in [2.75, 3.05) is 6.61 Å². The van der Waals surface area contributed by atoms with E-state index in [1.54, 1.807) is 0 Å². The number of rotatable bonds is 15. The fourth-order valence-electron chi connectivity index (χ4n) is 2.84. The van der Waals surface area contributed by atoms with Gasteiger partial charge in [-0.3, -0.25) is 0 Å². The minimum Gasteiger partial charge on any atom is -0.394 e. The average molecular weight is 296 g/mol. The van der Waals surface area contributed by atoms with Gasteiger partial charge in [0.05, 0.1) is 12.7 Å². The normalized spacial score (nSPS) is 21.2. The maximum absolute atomic E-state index is 8.85. The van der Waals surface area contributed by atoms with E-state index in [1.165, 1.54) is 70.6 Å². The molecule has 1 rings (SSSR count). The summed E-state index contributed by atoms with van der Waals surface area (Å²) in [6.45, 7) is 2.47. The molecule has 2 heteroatoms. The lowest BCUT2D eigenvalue weighted by atomic mass is 10.1. The molecule has 0 aromatic rings. The summed E-state index contributed by atoms with van der Waals surface area (Å²) in [6, 6.07) is 0. The highest BCUT2D eigenvalue weighted by Gasteiger charge is 2.36. The zero-order chi connectivity index (χ0) is 15.2. The Labute approximate surface area is 132 Å². The average Bonchev–Trinajstić information content (AvgIpc) is 3.26. The van der Waals surface area contributed by atoms with Crippen molar-refractivity contribution in [3.8, 4) is 0 Å². The van der Waals surface area contributed by atoms with Crippen LogP contribution in [0.25, 0.3) is 0 Å². The first-order valence-electron chi connectivity index (χ1n) is 9.29. The second-order valence-corrected chi connectivity index (χ2v) is 6.41. The smallest absolute Gasteiger partial charge is 0.107 e. The minimum absolute atomic E-state index is 0.139. The van der Waals surface area contributed by atoms with Crippen molar-refractivity contribution in [3.63, 3.8) is 0 Å². The van der Waals surface area contributed by atoms with E-state index >= 15 is 0 Å². The molecule has 1 fully saturated rings. The lowest BCUT2D eigenvalue weighted by molar-refractivity contribution is 0.241. The third kappa shape index (κ3) is 11.0. The standard InChI is InChI=1S/C19H36O2/c1-2-3-4-5-6-7-8-9-10-11-12-13-14-15-16-18-19(17-20)21-18/h13-14,18-20H,2-12,15-17H2,1H3/b14-13+/t18-,19-/m0/s1. The SMILES string of the molecule is CCCCCCCCCCCC/C=C/CC[C@@H]1O[C@H]1CO. The Bertz CT molecular complexity index is 250. The van der Waals surface area contributed by atoms with Gasteiger partial charge in [0.2, 0.25) is 0 Å². The molecule has 0 aliphatic carbocycles. The molecule has 0 aromatic heterocycles. The molecule has 2 nitrogen and oxygen atoms in total. The summed E-state index contributed by atoms with van der Waals surface area (Å²) in [7, 11) is 0. The second kappa shape index (κ2) is 13.3. The van der Waals surface area contributed by atoms with Crippen LogP contribution in [-0.4, -0.2) is 23.9 Å². The molecule has 2 atom stereocenters. The zero-order valence-electron chi connectivity index (χ0n) is 14.1. The van der Waals surface area contributed by atoms with E-state index in [0.717, 1.165) is 12.8 Å². The summed E-state index contributed by atoms with van der Waals surface area (Å²) in [5.41, 5.74) is 0. The lowest BCUT2D eigenvalue weighted by Crippen LogP contribution is -1.97. The minimum atomic E-state index is 0.139. The summed E-state index contributed by atoms with van der Waals surface area (Å²) >= 11 is 0. The second-order valence-electron chi connectivity index (χ2n) is 6.41. The Morgan fingerprint density at radius 1 is 0.762 bits per heavy atom. The van der Waals surface area contributed by atoms with Crippen molar-refractivity contribution in [2.24, 2.45) is 0 Å². The Balaban J connectivity index is 1.70. The van der Waals surface area contributed by atoms with E-state index < -0.39 is 0 Å². The molecule has 0 amide bonds. The summed E-state index contributed by atoms with van der Waals surface area (Å²) < 4.78 is 5.30. The van der Waals surface area contributed by atoms with Crippen LogP contribution in [0.4, 0.5) is 0 Å². The number of epoxide rings is 1. The molecule has 1 heterocycles. The van der Waals surface area contributed by atoms with Crippen molar-refractivity contribution in [1.29, 1.82) is 0 Å². The van der Waals surface area contributed by atoms with E-state index in [0.29, 0.717) is 6.10 Å². The largest absolute Gasteiger partial charge is 0.394 e. The Morgan fingerprint density at radius 2 is 1.33 bits per heavy atom. The van der Waals surface area contributed by atoms with E-state index in [9.17, 15) is 0 Å². The summed E-state index contributed by atoms with van der Waals surface area (Å²) in [5, 5.41) is 8.85. The van der Waals surface area contributed by atoms with E-state index in [1.807, 2.05) is 0 Å². The molecule has 21 heavy (non-hydrogen) atoms. The Hall–Kier alpha value is -0.340. The number of hydrogen-bond acceptors (Lipinski definition) is 2. The van der Waals surface area contributed by atoms with Gasteiger partial charge in [0, 0.05) is 0 Å². The van der Waals surface area contributed by atoms with Crippen molar-refractivity contribution >= 4 is 0 Å². The maximum Gasteiger partial charge on any atom is 0.107 e. The molecule has 1 aliphatic rings. The van der Waals surface area contributed by atoms with Gasteiger partial charge in [-0.05, 0) is 25.7 Å². The van der Waals surface area contributed by atoms with Gasteiger partial charge in [-0.2, -0.15) is 0 Å². The van der Waals surface area contributed by atoms with E-state index in [4.69, 9.17) is 9.84 Å². The maximum atomic E-state index is 8.85. The van der Waals surface area contributed by atoms with Gasteiger partial charge in [-0.25, -0.2) is 0 Å². The Kier molecular flexibility index (Phi) is 11.9. The molecule has 0 spiro atoms. The quantitative estimate of drug-likeness (QED) is 0.249. The van der Waals surface area contributed by atoms with Crippen LogP contribution < -0.4 is 0 Å². The van der Waals surface area contributed by atoms with Gasteiger partial charge in [-0.15, -0.1) is 0 Å². The third-order valence-electron chi connectivity index (χ3n) is 4.38. The van der Waals surface area contributed by atoms with E-state index in [-0.39, 0.29) is 12.7 Å². The third-order valence-corrected chi connectivity index (χ3v) is 4.38. The molecule has 1 aliphatic heterocycles. The van der Waals surface area contributed by atoms with Gasteiger partial charge in [0.15, 0.2) is 0 Å². The van der Waals surface area contributed by atoms with Gasteiger partial charge in [0.1, 0.15) is 6.10 Å². The molecule has 0 saturated carbocycles. The number of aliphatic hydroxyl groups is 1. The lowest BCUT2D eigenvalue weighted by Gasteiger charge is -2.01. The van der Waals surface area contributed by atoms with Crippen LogP contribution in [0.5, 0.6) is 0 Å². The van der Waals surface area contributed by atoms with Crippen LogP contribution in [0, 0.1) is 0 Å². The highest BCUT2D eigenvalue weighted by atomic mass is 16.6. The first-order valence-corrected chi connectivity index (χ1v) is 9.29. The number of ether oxygens (including phenoxy) is 1. The summed E-state index contributed by atoms with van der Waals surface area (Å²) in [5.74, 6) is 0. The Morgan fingerprint density at radius 3 is 1.90 bits per heavy atom. The van der Waals surface area contributed by atoms with E-state index in [2.05, 4.69) is 19.1 Å². The molecule has 124 valence electrons. The molecule has 0 aromatic carbocycles. The molecule has 1 N–H and O–H groups in total. The number of aliphatic hydroxyl groups excluding tert-OH is 1. The molecule has 0 unspecified atom stereocenters. The molecule has 1 saturated heterocycles. The summed E-state index contributed by atoms with van der Waals surface area (Å²) in [4.78, 5) is 0. The monoisotopic (exact) mass is 296 g/mol. The van der Waals surface area contributed by atoms with Crippen molar-refractivity contribution in [3.05, 3.63) is 12.2 Å².